The van der Waals surface area contributed by atoms with Crippen molar-refractivity contribution < 1.29 is 14.3 Å². The van der Waals surface area contributed by atoms with Crippen molar-refractivity contribution in [3.8, 4) is 11.8 Å². The van der Waals surface area contributed by atoms with Gasteiger partial charge in [-0.05, 0) is 29.8 Å². The van der Waals surface area contributed by atoms with Crippen molar-refractivity contribution in [2.24, 2.45) is 4.99 Å². The molecule has 1 aromatic heterocycles. The van der Waals surface area contributed by atoms with Gasteiger partial charge in [0.2, 0.25) is 0 Å². The van der Waals surface area contributed by atoms with E-state index >= 15 is 0 Å². The number of nitrogens with zero attached hydrogens (tertiary/aromatic N) is 3. The van der Waals surface area contributed by atoms with Gasteiger partial charge in [-0.3, -0.25) is 14.4 Å². The van der Waals surface area contributed by atoms with Crippen molar-refractivity contribution >= 4 is 40.9 Å². The van der Waals surface area contributed by atoms with Crippen molar-refractivity contribution in [2.75, 3.05) is 14.2 Å². The molecule has 0 bridgehead atoms. The van der Waals surface area contributed by atoms with E-state index in [4.69, 9.17) is 4.74 Å². The van der Waals surface area contributed by atoms with Gasteiger partial charge in [-0.15, -0.1) is 11.3 Å². The van der Waals surface area contributed by atoms with E-state index in [0.717, 1.165) is 23.0 Å². The zero-order valence-corrected chi connectivity index (χ0v) is 17.8. The second-order valence-electron chi connectivity index (χ2n) is 6.30. The van der Waals surface area contributed by atoms with E-state index in [-0.39, 0.29) is 22.2 Å². The number of thiazole rings is 1. The van der Waals surface area contributed by atoms with Gasteiger partial charge in [-0.25, -0.2) is 4.79 Å². The molecule has 0 aliphatic rings. The second-order valence-corrected chi connectivity index (χ2v) is 7.33. The number of rotatable bonds is 6. The molecule has 0 fully saturated rings. The highest BCUT2D eigenvalue weighted by molar-refractivity contribution is 7.07. The fourth-order valence-corrected chi connectivity index (χ4v) is 3.76. The molecule has 2 aromatic carbocycles. The highest BCUT2D eigenvalue weighted by atomic mass is 32.1. The van der Waals surface area contributed by atoms with Gasteiger partial charge in [0.15, 0.2) is 0 Å². The van der Waals surface area contributed by atoms with Crippen LogP contribution in [0.4, 0.5) is 5.69 Å². The molecule has 0 saturated heterocycles. The quantitative estimate of drug-likeness (QED) is 0.438. The molecule has 3 rings (SSSR count). The molecule has 0 atom stereocenters. The van der Waals surface area contributed by atoms with Gasteiger partial charge >= 0.3 is 5.97 Å². The van der Waals surface area contributed by atoms with E-state index in [1.54, 1.807) is 31.4 Å². The van der Waals surface area contributed by atoms with E-state index in [1.807, 2.05) is 30.3 Å². The van der Waals surface area contributed by atoms with Crippen LogP contribution in [-0.4, -0.2) is 31.0 Å². The van der Waals surface area contributed by atoms with Crippen LogP contribution in [-0.2, 0) is 16.1 Å². The number of aliphatic imine (C=N–C) groups is 1. The second kappa shape index (κ2) is 10.2. The van der Waals surface area contributed by atoms with Gasteiger partial charge in [-0.2, -0.15) is 5.26 Å². The van der Waals surface area contributed by atoms with Crippen LogP contribution in [0.2, 0.25) is 0 Å². The molecule has 0 radical (unpaired) electrons. The van der Waals surface area contributed by atoms with Crippen LogP contribution in [0.25, 0.3) is 11.6 Å². The molecule has 0 spiro atoms. The van der Waals surface area contributed by atoms with E-state index in [2.05, 4.69) is 15.8 Å². The fourth-order valence-electron chi connectivity index (χ4n) is 2.73. The van der Waals surface area contributed by atoms with Crippen molar-refractivity contribution in [1.29, 1.82) is 5.26 Å². The number of ether oxygens (including phenoxy) is 2. The lowest BCUT2D eigenvalue weighted by Crippen LogP contribution is -2.33. The van der Waals surface area contributed by atoms with Crippen LogP contribution < -0.4 is 19.5 Å². The lowest BCUT2D eigenvalue weighted by Gasteiger charge is -2.03. The van der Waals surface area contributed by atoms with Gasteiger partial charge in [0.05, 0.1) is 26.5 Å². The summed E-state index contributed by atoms with van der Waals surface area (Å²) in [7, 11) is 2.82. The van der Waals surface area contributed by atoms with Gasteiger partial charge in [-0.1, -0.05) is 30.3 Å². The number of carbonyl (C=O) groups is 1. The van der Waals surface area contributed by atoms with Crippen LogP contribution in [0.3, 0.4) is 0 Å². The van der Waals surface area contributed by atoms with Gasteiger partial charge in [0.1, 0.15) is 26.6 Å². The summed E-state index contributed by atoms with van der Waals surface area (Å²) in [6.07, 6.45) is 2.55. The Bertz CT molecular complexity index is 1310. The molecule has 0 N–H and O–H groups in total. The maximum atomic E-state index is 13.0. The molecule has 3 aromatic rings. The normalized spacial score (nSPS) is 12.5. The number of hydrogen-bond acceptors (Lipinski definition) is 7. The molecule has 7 nitrogen and oxygen atoms in total. The maximum absolute atomic E-state index is 13.0. The Morgan fingerprint density at radius 3 is 2.48 bits per heavy atom. The molecule has 31 heavy (non-hydrogen) atoms. The molecule has 1 heterocycles. The number of aromatic nitrogens is 1. The average Bonchev–Trinajstić information content (AvgIpc) is 3.10. The summed E-state index contributed by atoms with van der Waals surface area (Å²) >= 11 is 1.05. The van der Waals surface area contributed by atoms with E-state index in [1.165, 1.54) is 17.9 Å². The number of carbonyl (C=O) groups excluding carboxylic acids is 1. The molecular formula is C23H19N3O4S. The number of hydrogen-bond donors (Lipinski definition) is 0. The van der Waals surface area contributed by atoms with Gasteiger partial charge in [0.25, 0.3) is 5.56 Å². The first-order valence-corrected chi connectivity index (χ1v) is 10.0. The predicted molar refractivity (Wildman–Crippen MR) is 120 cm³/mol. The molecule has 0 saturated carbocycles. The largest absolute Gasteiger partial charge is 0.497 e. The van der Waals surface area contributed by atoms with E-state index < -0.39 is 5.97 Å². The summed E-state index contributed by atoms with van der Waals surface area (Å²) in [4.78, 5) is 29.0. The smallest absolute Gasteiger partial charge is 0.332 e. The van der Waals surface area contributed by atoms with Gasteiger partial charge < -0.3 is 9.47 Å². The van der Waals surface area contributed by atoms with Gasteiger partial charge in [0, 0.05) is 12.3 Å². The summed E-state index contributed by atoms with van der Waals surface area (Å²) in [6.45, 7) is 0.252. The highest BCUT2D eigenvalue weighted by Gasteiger charge is 2.10. The van der Waals surface area contributed by atoms with Crippen LogP contribution in [0.1, 0.15) is 5.56 Å². The third kappa shape index (κ3) is 5.35. The van der Waals surface area contributed by atoms with Crippen molar-refractivity contribution in [2.45, 2.75) is 6.54 Å². The predicted octanol–water partition coefficient (Wildman–Crippen LogP) is 2.00. The first-order valence-electron chi connectivity index (χ1n) is 9.21. The molecule has 0 unspecified atom stereocenters. The highest BCUT2D eigenvalue weighted by Crippen LogP contribution is 2.17. The standard InChI is InChI=1S/C23H19N3O4S/c1-29-19-10-8-18(9-11-19)25-14-17(13-24)23-26(15-16-6-4-3-5-7-16)22(28)20(31-23)12-21(27)30-2/h3-12,14H,15H2,1-2H3. The monoisotopic (exact) mass is 433 g/mol. The SMILES string of the molecule is COC(=O)C=c1sc(=C(C#N)C=Nc2ccc(OC)cc2)n(Cc2ccccc2)c1=O. The minimum absolute atomic E-state index is 0.184. The maximum Gasteiger partial charge on any atom is 0.332 e. The molecule has 156 valence electrons. The Labute approximate surface area is 182 Å². The lowest BCUT2D eigenvalue weighted by molar-refractivity contribution is -0.133. The average molecular weight is 433 g/mol. The first kappa shape index (κ1) is 21.7. The summed E-state index contributed by atoms with van der Waals surface area (Å²) in [5.41, 5.74) is 1.35. The van der Waals surface area contributed by atoms with Crippen molar-refractivity contribution in [1.82, 2.24) is 4.57 Å². The number of esters is 1. The Morgan fingerprint density at radius 1 is 1.16 bits per heavy atom. The minimum atomic E-state index is -0.637. The van der Waals surface area contributed by atoms with Crippen LogP contribution in [0, 0.1) is 11.3 Å². The molecule has 0 aliphatic carbocycles. The first-order chi connectivity index (χ1) is 15.0. The Morgan fingerprint density at radius 2 is 1.87 bits per heavy atom. The summed E-state index contributed by atoms with van der Waals surface area (Å²) in [6, 6.07) is 18.5. The summed E-state index contributed by atoms with van der Waals surface area (Å²) in [5.74, 6) is 0.0588. The minimum Gasteiger partial charge on any atom is -0.497 e. The lowest BCUT2D eigenvalue weighted by atomic mass is 10.2. The number of nitriles is 1. The molecular weight excluding hydrogens is 414 g/mol. The zero-order valence-electron chi connectivity index (χ0n) is 16.9. The Kier molecular flexibility index (Phi) is 7.14. The third-order valence-corrected chi connectivity index (χ3v) is 5.45. The van der Waals surface area contributed by atoms with Crippen LogP contribution >= 0.6 is 11.3 Å². The Hall–Kier alpha value is -3.96. The third-order valence-electron chi connectivity index (χ3n) is 4.31. The van der Waals surface area contributed by atoms with E-state index in [9.17, 15) is 14.9 Å². The molecule has 8 heteroatoms. The Balaban J connectivity index is 2.15. The number of methoxy groups -OCH3 is 2. The van der Waals surface area contributed by atoms with Crippen molar-refractivity contribution in [3.63, 3.8) is 0 Å². The molecule has 0 amide bonds. The van der Waals surface area contributed by atoms with Crippen LogP contribution in [0.5, 0.6) is 5.75 Å². The fraction of sp³-hybridized carbons (Fsp3) is 0.130. The zero-order chi connectivity index (χ0) is 22.2. The summed E-state index contributed by atoms with van der Waals surface area (Å²) in [5, 5.41) is 9.75. The van der Waals surface area contributed by atoms with E-state index in [0.29, 0.717) is 16.1 Å². The van der Waals surface area contributed by atoms with Crippen molar-refractivity contribution in [3.05, 3.63) is 79.7 Å². The molecule has 0 aliphatic heterocycles. The number of benzene rings is 2. The van der Waals surface area contributed by atoms with Crippen LogP contribution in [0.15, 0.2) is 64.4 Å². The topological polar surface area (TPSA) is 93.7 Å². The summed E-state index contributed by atoms with van der Waals surface area (Å²) < 4.78 is 11.8.